The molecule has 35 heavy (non-hydrogen) atoms. The molecule has 0 radical (unpaired) electrons. The van der Waals surface area contributed by atoms with Gasteiger partial charge in [-0.1, -0.05) is 29.8 Å². The first kappa shape index (κ1) is 24.7. The Morgan fingerprint density at radius 3 is 2.34 bits per heavy atom. The maximum Gasteiger partial charge on any atom is 0.329 e. The van der Waals surface area contributed by atoms with Crippen LogP contribution in [0.5, 0.6) is 5.75 Å². The maximum absolute atomic E-state index is 12.0. The van der Waals surface area contributed by atoms with E-state index in [4.69, 9.17) is 9.15 Å². The molecule has 11 heteroatoms. The smallest absolute Gasteiger partial charge is 0.329 e. The third-order valence-electron chi connectivity index (χ3n) is 4.54. The third-order valence-corrected chi connectivity index (χ3v) is 4.54. The van der Waals surface area contributed by atoms with Crippen LogP contribution in [-0.4, -0.2) is 37.0 Å². The quantitative estimate of drug-likeness (QED) is 0.232. The van der Waals surface area contributed by atoms with Gasteiger partial charge in [-0.2, -0.15) is 5.10 Å². The molecule has 11 nitrogen and oxygen atoms in total. The number of benzene rings is 2. The molecule has 0 bridgehead atoms. The predicted octanol–water partition coefficient (Wildman–Crippen LogP) is 1.94. The van der Waals surface area contributed by atoms with E-state index in [0.717, 1.165) is 5.56 Å². The van der Waals surface area contributed by atoms with E-state index in [1.807, 2.05) is 19.1 Å². The molecule has 4 amide bonds. The number of carbonyl (C=O) groups is 4. The molecule has 3 rings (SSSR count). The standard InChI is InChI=1S/C24H23N5O6/c1-15-7-9-16(10-8-15)27-22(31)21(30)25-13-17-11-12-18(35-17)14-26-29-24(33)23(32)28-19-5-3-4-6-20(19)34-2/h3-12,14H,13H2,1-2H3,(H,25,30)(H,27,31)(H,28,32)(H,29,33)/b26-14+. The molecule has 0 spiro atoms. The molecular formula is C24H23N5O6. The molecule has 0 atom stereocenters. The van der Waals surface area contributed by atoms with Gasteiger partial charge < -0.3 is 25.1 Å². The summed E-state index contributed by atoms with van der Waals surface area (Å²) in [4.78, 5) is 47.9. The van der Waals surface area contributed by atoms with Crippen LogP contribution >= 0.6 is 0 Å². The van der Waals surface area contributed by atoms with Gasteiger partial charge in [0, 0.05) is 5.69 Å². The fourth-order valence-corrected chi connectivity index (χ4v) is 2.76. The second-order valence-electron chi connectivity index (χ2n) is 7.16. The molecule has 0 saturated heterocycles. The molecule has 3 aromatic rings. The van der Waals surface area contributed by atoms with E-state index in [9.17, 15) is 19.2 Å². The normalized spacial score (nSPS) is 10.5. The van der Waals surface area contributed by atoms with Crippen molar-refractivity contribution in [2.45, 2.75) is 13.5 Å². The van der Waals surface area contributed by atoms with Crippen molar-refractivity contribution in [3.05, 3.63) is 77.7 Å². The molecule has 0 aliphatic carbocycles. The number of hydrogen-bond donors (Lipinski definition) is 4. The summed E-state index contributed by atoms with van der Waals surface area (Å²) < 4.78 is 10.6. The van der Waals surface area contributed by atoms with Crippen LogP contribution in [0, 0.1) is 6.92 Å². The zero-order chi connectivity index (χ0) is 25.2. The molecule has 0 fully saturated rings. The number of carbonyl (C=O) groups excluding carboxylic acids is 4. The minimum Gasteiger partial charge on any atom is -0.495 e. The molecular weight excluding hydrogens is 454 g/mol. The van der Waals surface area contributed by atoms with Gasteiger partial charge in [-0.15, -0.1) is 0 Å². The van der Waals surface area contributed by atoms with Crippen molar-refractivity contribution >= 4 is 41.2 Å². The number of nitrogens with zero attached hydrogens (tertiary/aromatic N) is 1. The number of ether oxygens (including phenoxy) is 1. The Balaban J connectivity index is 1.44. The summed E-state index contributed by atoms with van der Waals surface area (Å²) in [5.41, 5.74) is 3.96. The highest BCUT2D eigenvalue weighted by Gasteiger charge is 2.16. The Bertz CT molecular complexity index is 1250. The van der Waals surface area contributed by atoms with Gasteiger partial charge in [0.15, 0.2) is 0 Å². The van der Waals surface area contributed by atoms with Gasteiger partial charge in [-0.25, -0.2) is 5.43 Å². The zero-order valence-electron chi connectivity index (χ0n) is 19.0. The number of aryl methyl sites for hydroxylation is 1. The number of para-hydroxylation sites is 2. The number of methoxy groups -OCH3 is 1. The lowest BCUT2D eigenvalue weighted by atomic mass is 10.2. The van der Waals surface area contributed by atoms with E-state index in [1.54, 1.807) is 48.5 Å². The monoisotopic (exact) mass is 477 g/mol. The summed E-state index contributed by atoms with van der Waals surface area (Å²) >= 11 is 0. The number of anilines is 2. The second kappa shape index (κ2) is 11.8. The zero-order valence-corrected chi connectivity index (χ0v) is 19.0. The number of nitrogens with one attached hydrogen (secondary N) is 4. The molecule has 0 saturated carbocycles. The van der Waals surface area contributed by atoms with Crippen LogP contribution in [0.3, 0.4) is 0 Å². The van der Waals surface area contributed by atoms with Crippen LogP contribution < -0.4 is 26.1 Å². The van der Waals surface area contributed by atoms with Crippen molar-refractivity contribution in [1.29, 1.82) is 0 Å². The molecule has 0 aliphatic heterocycles. The van der Waals surface area contributed by atoms with Crippen molar-refractivity contribution in [2.24, 2.45) is 5.10 Å². The van der Waals surface area contributed by atoms with Gasteiger partial charge in [0.2, 0.25) is 0 Å². The van der Waals surface area contributed by atoms with Crippen LogP contribution in [0.4, 0.5) is 11.4 Å². The first-order valence-corrected chi connectivity index (χ1v) is 10.4. The lowest BCUT2D eigenvalue weighted by molar-refractivity contribution is -0.136. The van der Waals surface area contributed by atoms with Crippen LogP contribution in [0.1, 0.15) is 17.1 Å². The van der Waals surface area contributed by atoms with E-state index < -0.39 is 23.6 Å². The van der Waals surface area contributed by atoms with Gasteiger partial charge in [-0.3, -0.25) is 19.2 Å². The predicted molar refractivity (Wildman–Crippen MR) is 128 cm³/mol. The Kier molecular flexibility index (Phi) is 8.33. The summed E-state index contributed by atoms with van der Waals surface area (Å²) in [7, 11) is 1.44. The fourth-order valence-electron chi connectivity index (χ4n) is 2.76. The van der Waals surface area contributed by atoms with E-state index in [1.165, 1.54) is 13.3 Å². The molecule has 0 unspecified atom stereocenters. The maximum atomic E-state index is 12.0. The van der Waals surface area contributed by atoms with Gasteiger partial charge in [-0.05, 0) is 43.3 Å². The summed E-state index contributed by atoms with van der Waals surface area (Å²) in [5, 5.41) is 11.0. The van der Waals surface area contributed by atoms with Crippen LogP contribution in [0.2, 0.25) is 0 Å². The van der Waals surface area contributed by atoms with Crippen molar-refractivity contribution in [3.8, 4) is 5.75 Å². The highest BCUT2D eigenvalue weighted by atomic mass is 16.5. The molecule has 1 heterocycles. The van der Waals surface area contributed by atoms with E-state index in [0.29, 0.717) is 22.9 Å². The summed E-state index contributed by atoms with van der Waals surface area (Å²) in [6, 6.07) is 16.8. The number of hydrogen-bond acceptors (Lipinski definition) is 7. The summed E-state index contributed by atoms with van der Waals surface area (Å²) in [6.07, 6.45) is 1.18. The van der Waals surface area contributed by atoms with E-state index >= 15 is 0 Å². The lowest BCUT2D eigenvalue weighted by Crippen LogP contribution is -2.34. The number of hydrazone groups is 1. The minimum absolute atomic E-state index is 0.0400. The van der Waals surface area contributed by atoms with Crippen LogP contribution in [0.15, 0.2) is 70.2 Å². The number of furan rings is 1. The van der Waals surface area contributed by atoms with Crippen molar-refractivity contribution in [3.63, 3.8) is 0 Å². The largest absolute Gasteiger partial charge is 0.495 e. The SMILES string of the molecule is COc1ccccc1NC(=O)C(=O)N/N=C/c1ccc(CNC(=O)C(=O)Nc2ccc(C)cc2)o1. The number of rotatable bonds is 7. The van der Waals surface area contributed by atoms with Crippen molar-refractivity contribution < 1.29 is 28.3 Å². The van der Waals surface area contributed by atoms with Gasteiger partial charge in [0.05, 0.1) is 25.6 Å². The molecule has 1 aromatic heterocycles. The van der Waals surface area contributed by atoms with Crippen molar-refractivity contribution in [1.82, 2.24) is 10.7 Å². The Hall–Kier alpha value is -4.93. The van der Waals surface area contributed by atoms with Gasteiger partial charge in [0.1, 0.15) is 17.3 Å². The fraction of sp³-hybridized carbons (Fsp3) is 0.125. The summed E-state index contributed by atoms with van der Waals surface area (Å²) in [6.45, 7) is 1.87. The van der Waals surface area contributed by atoms with Gasteiger partial charge >= 0.3 is 23.6 Å². The van der Waals surface area contributed by atoms with Gasteiger partial charge in [0.25, 0.3) is 0 Å². The first-order chi connectivity index (χ1) is 16.9. The van der Waals surface area contributed by atoms with E-state index in [-0.39, 0.29) is 12.3 Å². The molecule has 4 N–H and O–H groups in total. The Labute approximate surface area is 200 Å². The minimum atomic E-state index is -0.995. The molecule has 0 aliphatic rings. The summed E-state index contributed by atoms with van der Waals surface area (Å²) in [5.74, 6) is -2.56. The molecule has 2 aromatic carbocycles. The Morgan fingerprint density at radius 1 is 0.886 bits per heavy atom. The van der Waals surface area contributed by atoms with Crippen molar-refractivity contribution in [2.75, 3.05) is 17.7 Å². The van der Waals surface area contributed by atoms with E-state index in [2.05, 4.69) is 26.5 Å². The highest BCUT2D eigenvalue weighted by Crippen LogP contribution is 2.22. The Morgan fingerprint density at radius 2 is 1.60 bits per heavy atom. The third kappa shape index (κ3) is 7.29. The first-order valence-electron chi connectivity index (χ1n) is 10.4. The van der Waals surface area contributed by atoms with Crippen LogP contribution in [-0.2, 0) is 25.7 Å². The average molecular weight is 477 g/mol. The topological polar surface area (TPSA) is 151 Å². The molecule has 180 valence electrons. The lowest BCUT2D eigenvalue weighted by Gasteiger charge is -2.08. The number of amides is 4. The second-order valence-corrected chi connectivity index (χ2v) is 7.16. The average Bonchev–Trinajstić information content (AvgIpc) is 3.31. The highest BCUT2D eigenvalue weighted by molar-refractivity contribution is 6.40. The van der Waals surface area contributed by atoms with Crippen LogP contribution in [0.25, 0.3) is 0 Å².